The second kappa shape index (κ2) is 8.26. The molecule has 1 amide bonds. The number of hydrogen-bond acceptors (Lipinski definition) is 6. The third-order valence-electron chi connectivity index (χ3n) is 3.53. The highest BCUT2D eigenvalue weighted by atomic mass is 32.2. The average Bonchev–Trinajstić information content (AvgIpc) is 3.16. The first kappa shape index (κ1) is 17.6. The van der Waals surface area contributed by atoms with Crippen molar-refractivity contribution in [3.8, 4) is 0 Å². The maximum Gasteiger partial charge on any atom is 0.283 e. The van der Waals surface area contributed by atoms with Gasteiger partial charge in [-0.25, -0.2) is 4.98 Å². The van der Waals surface area contributed by atoms with Gasteiger partial charge in [0.1, 0.15) is 12.2 Å². The Morgan fingerprint density at radius 1 is 1.15 bits per heavy atom. The van der Waals surface area contributed by atoms with Crippen LogP contribution in [-0.2, 0) is 6.42 Å². The van der Waals surface area contributed by atoms with Crippen LogP contribution in [0.3, 0.4) is 0 Å². The molecule has 132 valence electrons. The summed E-state index contributed by atoms with van der Waals surface area (Å²) in [5.74, 6) is 0.444. The minimum atomic E-state index is -0.428. The van der Waals surface area contributed by atoms with Crippen molar-refractivity contribution in [1.29, 1.82) is 0 Å². The summed E-state index contributed by atoms with van der Waals surface area (Å²) in [5, 5.41) is 20.5. The van der Waals surface area contributed by atoms with Crippen LogP contribution >= 0.6 is 11.8 Å². The number of nitro benzene ring substituents is 1. The predicted molar refractivity (Wildman–Crippen MR) is 96.1 cm³/mol. The van der Waals surface area contributed by atoms with Crippen LogP contribution in [0.2, 0.25) is 0 Å². The first-order chi connectivity index (χ1) is 12.6. The predicted octanol–water partition coefficient (Wildman–Crippen LogP) is 2.84. The molecular weight excluding hydrogens is 354 g/mol. The fraction of sp³-hybridized carbons (Fsp3) is 0.118. The standard InChI is InChI=1S/C17H15N5O3S/c23-17(18-10-9-16-19-11-20-21-16)12-5-1-3-7-14(12)26-15-8-4-2-6-13(15)22(24)25/h1-8,11H,9-10H2,(H,18,23)(H,19,20,21). The Balaban J connectivity index is 1.73. The number of hydrogen-bond donors (Lipinski definition) is 2. The van der Waals surface area contributed by atoms with Gasteiger partial charge in [0.2, 0.25) is 0 Å². The Labute approximate surface area is 153 Å². The molecule has 1 heterocycles. The zero-order chi connectivity index (χ0) is 18.4. The smallest absolute Gasteiger partial charge is 0.283 e. The number of nitrogens with zero attached hydrogens (tertiary/aromatic N) is 3. The summed E-state index contributed by atoms with van der Waals surface area (Å²) < 4.78 is 0. The lowest BCUT2D eigenvalue weighted by atomic mass is 10.2. The quantitative estimate of drug-likeness (QED) is 0.489. The monoisotopic (exact) mass is 369 g/mol. The Morgan fingerprint density at radius 3 is 2.62 bits per heavy atom. The molecule has 0 aliphatic rings. The molecule has 9 heteroatoms. The molecule has 0 radical (unpaired) electrons. The number of benzene rings is 2. The number of carbonyl (C=O) groups is 1. The highest BCUT2D eigenvalue weighted by Gasteiger charge is 2.17. The molecule has 26 heavy (non-hydrogen) atoms. The van der Waals surface area contributed by atoms with Crippen LogP contribution < -0.4 is 5.32 Å². The van der Waals surface area contributed by atoms with Gasteiger partial charge in [0.05, 0.1) is 15.4 Å². The summed E-state index contributed by atoms with van der Waals surface area (Å²) in [7, 11) is 0. The van der Waals surface area contributed by atoms with E-state index >= 15 is 0 Å². The topological polar surface area (TPSA) is 114 Å². The van der Waals surface area contributed by atoms with Gasteiger partial charge in [-0.15, -0.1) is 0 Å². The maximum absolute atomic E-state index is 12.5. The van der Waals surface area contributed by atoms with Gasteiger partial charge in [-0.1, -0.05) is 36.0 Å². The molecule has 8 nitrogen and oxygen atoms in total. The second-order valence-electron chi connectivity index (χ2n) is 5.26. The van der Waals surface area contributed by atoms with E-state index in [1.165, 1.54) is 24.2 Å². The van der Waals surface area contributed by atoms with E-state index in [1.807, 2.05) is 0 Å². The summed E-state index contributed by atoms with van der Waals surface area (Å²) in [6.45, 7) is 0.401. The number of amides is 1. The molecule has 0 spiro atoms. The lowest BCUT2D eigenvalue weighted by molar-refractivity contribution is -0.387. The SMILES string of the molecule is O=C(NCCc1ncn[nH]1)c1ccccc1Sc1ccccc1[N+](=O)[O-]. The fourth-order valence-corrected chi connectivity index (χ4v) is 3.34. The zero-order valence-corrected chi connectivity index (χ0v) is 14.4. The molecule has 2 aromatic carbocycles. The Hall–Kier alpha value is -3.20. The van der Waals surface area contributed by atoms with Gasteiger partial charge in [-0.2, -0.15) is 5.10 Å². The highest BCUT2D eigenvalue weighted by Crippen LogP contribution is 2.36. The number of H-pyrrole nitrogens is 1. The fourth-order valence-electron chi connectivity index (χ4n) is 2.30. The molecule has 2 N–H and O–H groups in total. The first-order valence-corrected chi connectivity index (χ1v) is 8.59. The van der Waals surface area contributed by atoms with Crippen LogP contribution in [0.25, 0.3) is 0 Å². The lowest BCUT2D eigenvalue weighted by Gasteiger charge is -2.09. The number of aromatic nitrogens is 3. The normalized spacial score (nSPS) is 10.5. The van der Waals surface area contributed by atoms with Crippen molar-refractivity contribution < 1.29 is 9.72 Å². The van der Waals surface area contributed by atoms with Gasteiger partial charge in [-0.3, -0.25) is 20.0 Å². The van der Waals surface area contributed by atoms with E-state index in [4.69, 9.17) is 0 Å². The van der Waals surface area contributed by atoms with E-state index in [-0.39, 0.29) is 11.6 Å². The Morgan fingerprint density at radius 2 is 1.88 bits per heavy atom. The number of nitrogens with one attached hydrogen (secondary N) is 2. The maximum atomic E-state index is 12.5. The van der Waals surface area contributed by atoms with Crippen LogP contribution in [0.15, 0.2) is 64.6 Å². The third kappa shape index (κ3) is 4.25. The van der Waals surface area contributed by atoms with Gasteiger partial charge < -0.3 is 5.32 Å². The van der Waals surface area contributed by atoms with Crippen LogP contribution in [0, 0.1) is 10.1 Å². The molecule has 0 fully saturated rings. The zero-order valence-electron chi connectivity index (χ0n) is 13.6. The van der Waals surface area contributed by atoms with E-state index in [2.05, 4.69) is 20.5 Å². The largest absolute Gasteiger partial charge is 0.352 e. The van der Waals surface area contributed by atoms with Gasteiger partial charge in [0.15, 0.2) is 0 Å². The highest BCUT2D eigenvalue weighted by molar-refractivity contribution is 7.99. The molecule has 0 unspecified atom stereocenters. The Kier molecular flexibility index (Phi) is 5.59. The third-order valence-corrected chi connectivity index (χ3v) is 4.67. The molecule has 3 rings (SSSR count). The number of para-hydroxylation sites is 1. The van der Waals surface area contributed by atoms with Gasteiger partial charge in [0.25, 0.3) is 11.6 Å². The number of rotatable bonds is 7. The van der Waals surface area contributed by atoms with E-state index in [9.17, 15) is 14.9 Å². The molecule has 3 aromatic rings. The summed E-state index contributed by atoms with van der Waals surface area (Å²) >= 11 is 1.20. The summed E-state index contributed by atoms with van der Waals surface area (Å²) in [4.78, 5) is 28.4. The molecule has 0 aliphatic carbocycles. The van der Waals surface area contributed by atoms with Crippen molar-refractivity contribution in [2.45, 2.75) is 16.2 Å². The minimum Gasteiger partial charge on any atom is -0.352 e. The number of aromatic amines is 1. The van der Waals surface area contributed by atoms with E-state index in [1.54, 1.807) is 42.5 Å². The first-order valence-electron chi connectivity index (χ1n) is 7.78. The lowest BCUT2D eigenvalue weighted by Crippen LogP contribution is -2.26. The van der Waals surface area contributed by atoms with Crippen molar-refractivity contribution in [2.24, 2.45) is 0 Å². The molecule has 0 bridgehead atoms. The number of nitro groups is 1. The van der Waals surface area contributed by atoms with Crippen LogP contribution in [0.4, 0.5) is 5.69 Å². The van der Waals surface area contributed by atoms with E-state index in [0.717, 1.165) is 0 Å². The average molecular weight is 369 g/mol. The minimum absolute atomic E-state index is 0.0121. The van der Waals surface area contributed by atoms with Gasteiger partial charge >= 0.3 is 0 Å². The molecule has 0 saturated carbocycles. The van der Waals surface area contributed by atoms with Crippen LogP contribution in [-0.4, -0.2) is 32.6 Å². The van der Waals surface area contributed by atoms with Crippen molar-refractivity contribution in [1.82, 2.24) is 20.5 Å². The van der Waals surface area contributed by atoms with Crippen molar-refractivity contribution >= 4 is 23.4 Å². The van der Waals surface area contributed by atoms with Gasteiger partial charge in [-0.05, 0) is 18.2 Å². The molecule has 1 aromatic heterocycles. The summed E-state index contributed by atoms with van der Waals surface area (Å²) in [6.07, 6.45) is 1.95. The van der Waals surface area contributed by atoms with Crippen molar-refractivity contribution in [3.05, 3.63) is 76.4 Å². The van der Waals surface area contributed by atoms with E-state index in [0.29, 0.717) is 34.1 Å². The van der Waals surface area contributed by atoms with Crippen LogP contribution in [0.1, 0.15) is 16.2 Å². The second-order valence-corrected chi connectivity index (χ2v) is 6.34. The Bertz CT molecular complexity index is 914. The molecule has 0 aliphatic heterocycles. The van der Waals surface area contributed by atoms with Crippen molar-refractivity contribution in [3.63, 3.8) is 0 Å². The summed E-state index contributed by atoms with van der Waals surface area (Å²) in [6, 6.07) is 13.5. The van der Waals surface area contributed by atoms with E-state index < -0.39 is 4.92 Å². The molecular formula is C17H15N5O3S. The van der Waals surface area contributed by atoms with Gasteiger partial charge in [0, 0.05) is 23.9 Å². The summed E-state index contributed by atoms with van der Waals surface area (Å²) in [5.41, 5.74) is 0.478. The molecule has 0 atom stereocenters. The van der Waals surface area contributed by atoms with Crippen LogP contribution in [0.5, 0.6) is 0 Å². The van der Waals surface area contributed by atoms with Crippen molar-refractivity contribution in [2.75, 3.05) is 6.54 Å². The number of carbonyl (C=O) groups excluding carboxylic acids is 1. The molecule has 0 saturated heterocycles.